The molecule has 0 aromatic heterocycles. The Morgan fingerprint density at radius 3 is 2.33 bits per heavy atom. The number of fused-ring (bicyclic) bond motifs is 1. The lowest BCUT2D eigenvalue weighted by molar-refractivity contribution is -0.00601. The smallest absolute Gasteiger partial charge is 0.0472 e. The van der Waals surface area contributed by atoms with Crippen LogP contribution in [0.5, 0.6) is 0 Å². The van der Waals surface area contributed by atoms with E-state index in [2.05, 4.69) is 48.3 Å². The highest BCUT2D eigenvalue weighted by Gasteiger charge is 2.35. The topological polar surface area (TPSA) is 24.5 Å². The van der Waals surface area contributed by atoms with Crippen molar-refractivity contribution in [2.24, 2.45) is 5.41 Å². The molecule has 0 bridgehead atoms. The average Bonchev–Trinajstić information content (AvgIpc) is 2.88. The van der Waals surface area contributed by atoms with Crippen molar-refractivity contribution in [3.8, 4) is 0 Å². The fourth-order valence-electron chi connectivity index (χ4n) is 3.61. The molecule has 0 atom stereocenters. The van der Waals surface area contributed by atoms with Crippen LogP contribution in [0, 0.1) is 5.41 Å². The Morgan fingerprint density at radius 1 is 1.14 bits per heavy atom. The summed E-state index contributed by atoms with van der Waals surface area (Å²) < 4.78 is 5.61. The molecule has 1 N–H and O–H groups in total. The predicted octanol–water partition coefficient (Wildman–Crippen LogP) is 2.80. The Hall–Kier alpha value is -0.900. The Bertz CT molecular complexity index is 441. The molecule has 1 saturated heterocycles. The first-order valence-electron chi connectivity index (χ1n) is 8.27. The van der Waals surface area contributed by atoms with Crippen molar-refractivity contribution >= 4 is 0 Å². The number of hydrogen-bond donors (Lipinski definition) is 1. The van der Waals surface area contributed by atoms with Crippen LogP contribution >= 0.6 is 0 Å². The standard InChI is InChI=1S/C18H28N2O/c1-15(2)19-13-18(7-9-21-10-8-18)14-20-11-16-5-3-4-6-17(16)12-20/h3-6,15,19H,7-14H2,1-2H3. The number of nitrogens with one attached hydrogen (secondary N) is 1. The van der Waals surface area contributed by atoms with E-state index in [9.17, 15) is 0 Å². The van der Waals surface area contributed by atoms with Crippen LogP contribution in [0.1, 0.15) is 37.8 Å². The molecular formula is C18H28N2O. The molecule has 3 nitrogen and oxygen atoms in total. The Kier molecular flexibility index (Phi) is 4.63. The van der Waals surface area contributed by atoms with Crippen LogP contribution < -0.4 is 5.32 Å². The van der Waals surface area contributed by atoms with Gasteiger partial charge >= 0.3 is 0 Å². The van der Waals surface area contributed by atoms with Gasteiger partial charge in [0.15, 0.2) is 0 Å². The third-order valence-corrected chi connectivity index (χ3v) is 4.90. The van der Waals surface area contributed by atoms with Gasteiger partial charge in [-0.15, -0.1) is 0 Å². The molecule has 2 aliphatic rings. The molecule has 3 rings (SSSR count). The fraction of sp³-hybridized carbons (Fsp3) is 0.667. The molecule has 21 heavy (non-hydrogen) atoms. The van der Waals surface area contributed by atoms with Crippen molar-refractivity contribution in [2.75, 3.05) is 26.3 Å². The lowest BCUT2D eigenvalue weighted by atomic mass is 9.79. The quantitative estimate of drug-likeness (QED) is 0.901. The molecule has 2 aliphatic heterocycles. The van der Waals surface area contributed by atoms with E-state index in [1.54, 1.807) is 0 Å². The second-order valence-electron chi connectivity index (χ2n) is 7.06. The highest BCUT2D eigenvalue weighted by Crippen LogP contribution is 2.34. The van der Waals surface area contributed by atoms with Gasteiger partial charge in [-0.2, -0.15) is 0 Å². The fourth-order valence-corrected chi connectivity index (χ4v) is 3.61. The molecule has 0 unspecified atom stereocenters. The zero-order chi connectivity index (χ0) is 14.7. The Labute approximate surface area is 128 Å². The summed E-state index contributed by atoms with van der Waals surface area (Å²) in [6.07, 6.45) is 2.36. The minimum absolute atomic E-state index is 0.380. The average molecular weight is 288 g/mol. The molecule has 1 aromatic rings. The minimum Gasteiger partial charge on any atom is -0.381 e. The van der Waals surface area contributed by atoms with Crippen LogP contribution in [0.15, 0.2) is 24.3 Å². The first-order valence-corrected chi connectivity index (χ1v) is 8.27. The highest BCUT2D eigenvalue weighted by molar-refractivity contribution is 5.30. The molecule has 2 heterocycles. The summed E-state index contributed by atoms with van der Waals surface area (Å²) in [5, 5.41) is 3.67. The summed E-state index contributed by atoms with van der Waals surface area (Å²) in [7, 11) is 0. The van der Waals surface area contributed by atoms with Gasteiger partial charge < -0.3 is 10.1 Å². The van der Waals surface area contributed by atoms with Crippen molar-refractivity contribution in [3.05, 3.63) is 35.4 Å². The van der Waals surface area contributed by atoms with Gasteiger partial charge in [0.05, 0.1) is 0 Å². The third kappa shape index (κ3) is 3.65. The van der Waals surface area contributed by atoms with Gasteiger partial charge in [0.25, 0.3) is 0 Å². The molecule has 0 aliphatic carbocycles. The maximum absolute atomic E-state index is 5.61. The van der Waals surface area contributed by atoms with Gasteiger partial charge in [-0.25, -0.2) is 0 Å². The summed E-state index contributed by atoms with van der Waals surface area (Å²) in [6.45, 7) is 10.8. The molecule has 0 amide bonds. The number of ether oxygens (including phenoxy) is 1. The summed E-state index contributed by atoms with van der Waals surface area (Å²) in [5.74, 6) is 0. The van der Waals surface area contributed by atoms with E-state index >= 15 is 0 Å². The van der Waals surface area contributed by atoms with Crippen LogP contribution in [-0.4, -0.2) is 37.2 Å². The number of hydrogen-bond acceptors (Lipinski definition) is 3. The monoisotopic (exact) mass is 288 g/mol. The van der Waals surface area contributed by atoms with Crippen molar-refractivity contribution < 1.29 is 4.74 Å². The van der Waals surface area contributed by atoms with Crippen molar-refractivity contribution in [2.45, 2.75) is 45.8 Å². The zero-order valence-corrected chi connectivity index (χ0v) is 13.4. The SMILES string of the molecule is CC(C)NCC1(CN2Cc3ccccc3C2)CCOCC1. The molecule has 3 heteroatoms. The normalized spacial score (nSPS) is 21.7. The maximum atomic E-state index is 5.61. The van der Waals surface area contributed by atoms with Gasteiger partial charge in [0.1, 0.15) is 0 Å². The molecular weight excluding hydrogens is 260 g/mol. The van der Waals surface area contributed by atoms with Gasteiger partial charge in [-0.3, -0.25) is 4.90 Å². The van der Waals surface area contributed by atoms with Crippen LogP contribution in [0.4, 0.5) is 0 Å². The second-order valence-corrected chi connectivity index (χ2v) is 7.06. The van der Waals surface area contributed by atoms with Gasteiger partial charge in [-0.05, 0) is 29.4 Å². The molecule has 116 valence electrons. The first-order chi connectivity index (χ1) is 10.2. The van der Waals surface area contributed by atoms with E-state index in [0.29, 0.717) is 11.5 Å². The van der Waals surface area contributed by atoms with Crippen LogP contribution in [0.25, 0.3) is 0 Å². The summed E-state index contributed by atoms with van der Waals surface area (Å²) in [6, 6.07) is 9.43. The minimum atomic E-state index is 0.380. The van der Waals surface area contributed by atoms with Crippen LogP contribution in [-0.2, 0) is 17.8 Å². The Balaban J connectivity index is 1.65. The largest absolute Gasteiger partial charge is 0.381 e. The maximum Gasteiger partial charge on any atom is 0.0472 e. The lowest BCUT2D eigenvalue weighted by Gasteiger charge is -2.40. The van der Waals surface area contributed by atoms with E-state index < -0.39 is 0 Å². The van der Waals surface area contributed by atoms with E-state index in [4.69, 9.17) is 4.74 Å². The highest BCUT2D eigenvalue weighted by atomic mass is 16.5. The number of rotatable bonds is 5. The summed E-state index contributed by atoms with van der Waals surface area (Å²) >= 11 is 0. The van der Waals surface area contributed by atoms with E-state index in [0.717, 1.165) is 32.8 Å². The van der Waals surface area contributed by atoms with E-state index in [-0.39, 0.29) is 0 Å². The molecule has 0 saturated carbocycles. The van der Waals surface area contributed by atoms with E-state index in [1.807, 2.05) is 0 Å². The van der Waals surface area contributed by atoms with Crippen LogP contribution in [0.3, 0.4) is 0 Å². The second kappa shape index (κ2) is 6.47. The first kappa shape index (κ1) is 15.0. The molecule has 0 spiro atoms. The van der Waals surface area contributed by atoms with Crippen LogP contribution in [0.2, 0.25) is 0 Å². The van der Waals surface area contributed by atoms with Gasteiger partial charge in [0.2, 0.25) is 0 Å². The third-order valence-electron chi connectivity index (χ3n) is 4.90. The zero-order valence-electron chi connectivity index (χ0n) is 13.4. The molecule has 0 radical (unpaired) electrons. The van der Waals surface area contributed by atoms with Gasteiger partial charge in [-0.1, -0.05) is 38.1 Å². The molecule has 1 aromatic carbocycles. The van der Waals surface area contributed by atoms with Crippen molar-refractivity contribution in [3.63, 3.8) is 0 Å². The predicted molar refractivity (Wildman–Crippen MR) is 86.2 cm³/mol. The number of benzene rings is 1. The van der Waals surface area contributed by atoms with Crippen molar-refractivity contribution in [1.29, 1.82) is 0 Å². The Morgan fingerprint density at radius 2 is 1.76 bits per heavy atom. The molecule has 1 fully saturated rings. The van der Waals surface area contributed by atoms with E-state index in [1.165, 1.54) is 30.5 Å². The lowest BCUT2D eigenvalue weighted by Crippen LogP contribution is -2.47. The summed E-state index contributed by atoms with van der Waals surface area (Å²) in [4.78, 5) is 2.62. The van der Waals surface area contributed by atoms with Crippen molar-refractivity contribution in [1.82, 2.24) is 10.2 Å². The van der Waals surface area contributed by atoms with Gasteiger partial charge in [0, 0.05) is 45.4 Å². The number of nitrogens with zero attached hydrogens (tertiary/aromatic N) is 1. The summed E-state index contributed by atoms with van der Waals surface area (Å²) in [5.41, 5.74) is 3.40.